The van der Waals surface area contributed by atoms with Gasteiger partial charge < -0.3 is 9.30 Å². The molecule has 0 fully saturated rings. The average Bonchev–Trinajstić information content (AvgIpc) is 2.84. The van der Waals surface area contributed by atoms with Gasteiger partial charge in [-0.3, -0.25) is 0 Å². The number of aromatic nitrogens is 2. The second-order valence-electron chi connectivity index (χ2n) is 4.07. The van der Waals surface area contributed by atoms with Gasteiger partial charge in [-0.05, 0) is 19.1 Å². The number of imidazole rings is 1. The first-order chi connectivity index (χ1) is 9.82. The van der Waals surface area contributed by atoms with E-state index < -0.39 is 9.05 Å². The van der Waals surface area contributed by atoms with E-state index in [0.29, 0.717) is 5.82 Å². The van der Waals surface area contributed by atoms with E-state index in [1.807, 2.05) is 17.7 Å². The largest absolute Gasteiger partial charge is 0.483 e. The predicted molar refractivity (Wildman–Crippen MR) is 81.7 cm³/mol. The van der Waals surface area contributed by atoms with Gasteiger partial charge in [0.05, 0.1) is 14.9 Å². The Kier molecular flexibility index (Phi) is 5.03. The highest BCUT2D eigenvalue weighted by molar-refractivity contribution is 8.13. The molecule has 0 atom stereocenters. The number of aryl methyl sites for hydroxylation is 1. The molecule has 2 rings (SSSR count). The van der Waals surface area contributed by atoms with Crippen LogP contribution in [0.2, 0.25) is 10.0 Å². The van der Waals surface area contributed by atoms with Crippen molar-refractivity contribution in [3.63, 3.8) is 0 Å². The van der Waals surface area contributed by atoms with Crippen molar-refractivity contribution in [2.45, 2.75) is 25.0 Å². The van der Waals surface area contributed by atoms with Gasteiger partial charge in [-0.25, -0.2) is 13.4 Å². The van der Waals surface area contributed by atoms with Crippen molar-refractivity contribution in [2.75, 3.05) is 0 Å². The van der Waals surface area contributed by atoms with Crippen molar-refractivity contribution < 1.29 is 13.2 Å². The first-order valence-electron chi connectivity index (χ1n) is 5.89. The summed E-state index contributed by atoms with van der Waals surface area (Å²) in [7, 11) is 1.35. The molecule has 0 saturated carbocycles. The normalized spacial score (nSPS) is 11.6. The van der Waals surface area contributed by atoms with Crippen LogP contribution in [0.5, 0.6) is 5.75 Å². The fraction of sp³-hybridized carbons (Fsp3) is 0.250. The Morgan fingerprint density at radius 1 is 1.29 bits per heavy atom. The molecule has 21 heavy (non-hydrogen) atoms. The number of halogens is 3. The van der Waals surface area contributed by atoms with Crippen LogP contribution in [-0.2, 0) is 22.2 Å². The smallest absolute Gasteiger partial charge is 0.261 e. The maximum absolute atomic E-state index is 11.3. The fourth-order valence-electron chi connectivity index (χ4n) is 1.72. The second kappa shape index (κ2) is 6.44. The Hall–Kier alpha value is -0.950. The minimum absolute atomic E-state index is 0.0660. The number of benzene rings is 1. The van der Waals surface area contributed by atoms with Crippen LogP contribution in [0.1, 0.15) is 12.7 Å². The number of ether oxygens (including phenoxy) is 1. The van der Waals surface area contributed by atoms with Crippen LogP contribution in [0, 0.1) is 0 Å². The van der Waals surface area contributed by atoms with Gasteiger partial charge in [-0.2, -0.15) is 0 Å². The summed E-state index contributed by atoms with van der Waals surface area (Å²) < 4.78 is 30.0. The SMILES string of the molecule is CCn1ccnc1COc1c(Cl)cc(S(=O)(=O)Cl)cc1Cl. The standard InChI is InChI=1S/C12H11Cl3N2O3S/c1-2-17-4-3-16-11(17)7-20-12-9(13)5-8(6-10(12)14)21(15,18)19/h3-6H,2,7H2,1H3. The Bertz CT molecular complexity index is 736. The van der Waals surface area contributed by atoms with Crippen LogP contribution in [-0.4, -0.2) is 18.0 Å². The highest BCUT2D eigenvalue weighted by atomic mass is 35.7. The summed E-state index contributed by atoms with van der Waals surface area (Å²) in [6.07, 6.45) is 3.49. The summed E-state index contributed by atoms with van der Waals surface area (Å²) in [4.78, 5) is 3.97. The van der Waals surface area contributed by atoms with Crippen LogP contribution in [0.4, 0.5) is 0 Å². The van der Waals surface area contributed by atoms with E-state index in [-0.39, 0.29) is 27.3 Å². The van der Waals surface area contributed by atoms with Gasteiger partial charge in [0.25, 0.3) is 9.05 Å². The van der Waals surface area contributed by atoms with E-state index in [0.717, 1.165) is 6.54 Å². The second-order valence-corrected chi connectivity index (χ2v) is 7.45. The van der Waals surface area contributed by atoms with Gasteiger partial charge in [-0.15, -0.1) is 0 Å². The third-order valence-corrected chi connectivity index (χ3v) is 4.64. The van der Waals surface area contributed by atoms with Gasteiger partial charge >= 0.3 is 0 Å². The highest BCUT2D eigenvalue weighted by Crippen LogP contribution is 2.36. The molecule has 1 aromatic carbocycles. The van der Waals surface area contributed by atoms with Crippen LogP contribution in [0.15, 0.2) is 29.4 Å². The van der Waals surface area contributed by atoms with Crippen molar-refractivity contribution in [3.8, 4) is 5.75 Å². The Morgan fingerprint density at radius 3 is 2.43 bits per heavy atom. The molecule has 0 radical (unpaired) electrons. The monoisotopic (exact) mass is 368 g/mol. The van der Waals surface area contributed by atoms with Gasteiger partial charge in [-0.1, -0.05) is 23.2 Å². The van der Waals surface area contributed by atoms with Crippen molar-refractivity contribution in [2.24, 2.45) is 0 Å². The molecule has 0 aliphatic rings. The van der Waals surface area contributed by atoms with Crippen molar-refractivity contribution in [3.05, 3.63) is 40.4 Å². The molecule has 0 N–H and O–H groups in total. The van der Waals surface area contributed by atoms with Crippen molar-refractivity contribution in [1.82, 2.24) is 9.55 Å². The fourth-order valence-corrected chi connectivity index (χ4v) is 3.23. The Morgan fingerprint density at radius 2 is 1.90 bits per heavy atom. The van der Waals surface area contributed by atoms with E-state index in [2.05, 4.69) is 4.98 Å². The molecule has 2 aromatic rings. The number of hydrogen-bond acceptors (Lipinski definition) is 4. The molecule has 0 spiro atoms. The molecule has 0 aliphatic heterocycles. The lowest BCUT2D eigenvalue weighted by atomic mass is 10.3. The third kappa shape index (κ3) is 3.83. The maximum Gasteiger partial charge on any atom is 0.261 e. The molecular weight excluding hydrogens is 359 g/mol. The number of rotatable bonds is 5. The highest BCUT2D eigenvalue weighted by Gasteiger charge is 2.17. The summed E-state index contributed by atoms with van der Waals surface area (Å²) >= 11 is 12.0. The molecule has 0 bridgehead atoms. The summed E-state index contributed by atoms with van der Waals surface area (Å²) in [5, 5.41) is 0.132. The van der Waals surface area contributed by atoms with Gasteiger partial charge in [0.15, 0.2) is 5.75 Å². The molecule has 0 unspecified atom stereocenters. The lowest BCUT2D eigenvalue weighted by molar-refractivity contribution is 0.290. The average molecular weight is 370 g/mol. The van der Waals surface area contributed by atoms with E-state index in [9.17, 15) is 8.42 Å². The first kappa shape index (κ1) is 16.4. The minimum atomic E-state index is -3.90. The summed E-state index contributed by atoms with van der Waals surface area (Å²) in [6, 6.07) is 2.38. The summed E-state index contributed by atoms with van der Waals surface area (Å²) in [5.41, 5.74) is 0. The van der Waals surface area contributed by atoms with Crippen LogP contribution < -0.4 is 4.74 Å². The minimum Gasteiger partial charge on any atom is -0.483 e. The third-order valence-electron chi connectivity index (χ3n) is 2.74. The molecular formula is C12H11Cl3N2O3S. The van der Waals surface area contributed by atoms with Crippen LogP contribution in [0.3, 0.4) is 0 Å². The zero-order chi connectivity index (χ0) is 15.6. The lowest BCUT2D eigenvalue weighted by Gasteiger charge is -2.11. The summed E-state index contributed by atoms with van der Waals surface area (Å²) in [5.74, 6) is 0.895. The molecule has 114 valence electrons. The van der Waals surface area contributed by atoms with E-state index in [1.54, 1.807) is 6.20 Å². The molecule has 1 aromatic heterocycles. The van der Waals surface area contributed by atoms with E-state index >= 15 is 0 Å². The van der Waals surface area contributed by atoms with Crippen molar-refractivity contribution >= 4 is 42.9 Å². The molecule has 0 amide bonds. The van der Waals surface area contributed by atoms with Gasteiger partial charge in [0.1, 0.15) is 12.4 Å². The molecule has 0 saturated heterocycles. The maximum atomic E-state index is 11.3. The van der Waals surface area contributed by atoms with E-state index in [1.165, 1.54) is 12.1 Å². The molecule has 1 heterocycles. The first-order valence-corrected chi connectivity index (χ1v) is 8.96. The zero-order valence-electron chi connectivity index (χ0n) is 10.9. The van der Waals surface area contributed by atoms with Gasteiger partial charge in [0, 0.05) is 29.6 Å². The van der Waals surface area contributed by atoms with Crippen LogP contribution in [0.25, 0.3) is 0 Å². The van der Waals surface area contributed by atoms with Crippen molar-refractivity contribution in [1.29, 1.82) is 0 Å². The zero-order valence-corrected chi connectivity index (χ0v) is 14.0. The Labute approximate surface area is 136 Å². The topological polar surface area (TPSA) is 61.2 Å². The molecule has 9 heteroatoms. The van der Waals surface area contributed by atoms with Crippen LogP contribution >= 0.6 is 33.9 Å². The van der Waals surface area contributed by atoms with Gasteiger partial charge in [0.2, 0.25) is 0 Å². The summed E-state index contributed by atoms with van der Waals surface area (Å²) in [6.45, 7) is 2.89. The van der Waals surface area contributed by atoms with E-state index in [4.69, 9.17) is 38.6 Å². The Balaban J connectivity index is 2.25. The quantitative estimate of drug-likeness (QED) is 0.754. The lowest BCUT2D eigenvalue weighted by Crippen LogP contribution is -2.06. The number of hydrogen-bond donors (Lipinski definition) is 0. The number of nitrogens with zero attached hydrogens (tertiary/aromatic N) is 2. The predicted octanol–water partition coefficient (Wildman–Crippen LogP) is 3.72. The molecule has 5 nitrogen and oxygen atoms in total. The molecule has 0 aliphatic carbocycles.